The lowest BCUT2D eigenvalue weighted by Crippen LogP contribution is -2.25. The van der Waals surface area contributed by atoms with Gasteiger partial charge in [-0.1, -0.05) is 24.3 Å². The summed E-state index contributed by atoms with van der Waals surface area (Å²) >= 11 is 0. The predicted octanol–water partition coefficient (Wildman–Crippen LogP) is 2.34. The molecule has 0 bridgehead atoms. The zero-order valence-corrected chi connectivity index (χ0v) is 10.9. The number of carbonyl (C=O) groups is 1. The zero-order valence-electron chi connectivity index (χ0n) is 10.9. The number of aromatic nitrogens is 2. The molecule has 5 heteroatoms. The molecule has 0 fully saturated rings. The highest BCUT2D eigenvalue weighted by Crippen LogP contribution is 2.32. The van der Waals surface area contributed by atoms with Gasteiger partial charge in [-0.25, -0.2) is 0 Å². The van der Waals surface area contributed by atoms with E-state index in [2.05, 4.69) is 21.6 Å². The number of amides is 1. The summed E-state index contributed by atoms with van der Waals surface area (Å²) in [6.07, 6.45) is 4.26. The highest BCUT2D eigenvalue weighted by molar-refractivity contribution is 5.96. The molecule has 100 valence electrons. The Bertz CT molecular complexity index is 683. The molecule has 1 aromatic heterocycles. The zero-order chi connectivity index (χ0) is 13.9. The monoisotopic (exact) mass is 266 g/mol. The maximum absolute atomic E-state index is 12.4. The molecule has 1 aliphatic rings. The minimum atomic E-state index is -0.158. The topological polar surface area (TPSA) is 81.6 Å². The van der Waals surface area contributed by atoms with Crippen molar-refractivity contribution in [3.8, 4) is 6.07 Å². The van der Waals surface area contributed by atoms with Crippen molar-refractivity contribution in [2.45, 2.75) is 25.2 Å². The molecule has 0 saturated heterocycles. The number of aromatic amines is 1. The van der Waals surface area contributed by atoms with Gasteiger partial charge in [0.05, 0.1) is 12.1 Å². The summed E-state index contributed by atoms with van der Waals surface area (Å²) in [5.74, 6) is 0.133. The van der Waals surface area contributed by atoms with Gasteiger partial charge in [-0.3, -0.25) is 9.89 Å². The van der Waals surface area contributed by atoms with Crippen molar-refractivity contribution in [2.24, 2.45) is 0 Å². The summed E-state index contributed by atoms with van der Waals surface area (Å²) < 4.78 is 0. The SMILES string of the molecule is N#Cc1cn[nH]c1NC(=O)C1CCCc2ccccc21. The van der Waals surface area contributed by atoms with Crippen molar-refractivity contribution >= 4 is 11.7 Å². The van der Waals surface area contributed by atoms with E-state index >= 15 is 0 Å². The molecule has 2 aromatic rings. The van der Waals surface area contributed by atoms with Crippen molar-refractivity contribution in [1.29, 1.82) is 5.26 Å². The lowest BCUT2D eigenvalue weighted by molar-refractivity contribution is -0.117. The van der Waals surface area contributed by atoms with E-state index in [4.69, 9.17) is 5.26 Å². The second-order valence-electron chi connectivity index (χ2n) is 4.90. The number of nitrogens with zero attached hydrogens (tertiary/aromatic N) is 2. The molecule has 0 saturated carbocycles. The van der Waals surface area contributed by atoms with Gasteiger partial charge in [-0.05, 0) is 30.4 Å². The van der Waals surface area contributed by atoms with Gasteiger partial charge in [0.1, 0.15) is 17.5 Å². The van der Waals surface area contributed by atoms with Crippen LogP contribution in [0.2, 0.25) is 0 Å². The van der Waals surface area contributed by atoms with Crippen molar-refractivity contribution in [2.75, 3.05) is 5.32 Å². The minimum Gasteiger partial charge on any atom is -0.309 e. The Kier molecular flexibility index (Phi) is 3.21. The molecule has 1 heterocycles. The molecular weight excluding hydrogens is 252 g/mol. The Morgan fingerprint density at radius 2 is 2.30 bits per heavy atom. The number of hydrogen-bond acceptors (Lipinski definition) is 3. The van der Waals surface area contributed by atoms with E-state index in [1.54, 1.807) is 0 Å². The molecular formula is C15H14N4O. The molecule has 5 nitrogen and oxygen atoms in total. The molecule has 1 aliphatic carbocycles. The highest BCUT2D eigenvalue weighted by atomic mass is 16.2. The summed E-state index contributed by atoms with van der Waals surface area (Å²) in [5.41, 5.74) is 2.68. The van der Waals surface area contributed by atoms with Crippen LogP contribution >= 0.6 is 0 Å². The first kappa shape index (κ1) is 12.4. The number of aryl methyl sites for hydroxylation is 1. The molecule has 1 amide bonds. The maximum Gasteiger partial charge on any atom is 0.233 e. The Labute approximate surface area is 116 Å². The van der Waals surface area contributed by atoms with E-state index in [9.17, 15) is 4.79 Å². The number of rotatable bonds is 2. The Morgan fingerprint density at radius 1 is 1.45 bits per heavy atom. The van der Waals surface area contributed by atoms with Crippen LogP contribution in [0.15, 0.2) is 30.5 Å². The van der Waals surface area contributed by atoms with E-state index in [0.717, 1.165) is 24.8 Å². The van der Waals surface area contributed by atoms with Gasteiger partial charge in [0, 0.05) is 0 Å². The number of fused-ring (bicyclic) bond motifs is 1. The smallest absolute Gasteiger partial charge is 0.233 e. The lowest BCUT2D eigenvalue weighted by Gasteiger charge is -2.24. The van der Waals surface area contributed by atoms with Crippen LogP contribution in [0.1, 0.15) is 35.4 Å². The number of H-pyrrole nitrogens is 1. The van der Waals surface area contributed by atoms with Gasteiger partial charge in [0.15, 0.2) is 0 Å². The van der Waals surface area contributed by atoms with Crippen molar-refractivity contribution in [3.63, 3.8) is 0 Å². The molecule has 0 radical (unpaired) electrons. The second kappa shape index (κ2) is 5.17. The third-order valence-electron chi connectivity index (χ3n) is 3.69. The molecule has 3 rings (SSSR count). The number of hydrogen-bond donors (Lipinski definition) is 2. The summed E-state index contributed by atoms with van der Waals surface area (Å²) in [4.78, 5) is 12.4. The molecule has 20 heavy (non-hydrogen) atoms. The quantitative estimate of drug-likeness (QED) is 0.875. The average Bonchev–Trinajstić information content (AvgIpc) is 2.93. The number of nitrogens with one attached hydrogen (secondary N) is 2. The minimum absolute atomic E-state index is 0.0853. The second-order valence-corrected chi connectivity index (χ2v) is 4.90. The predicted molar refractivity (Wildman–Crippen MR) is 74.1 cm³/mol. The van der Waals surface area contributed by atoms with Gasteiger partial charge in [-0.15, -0.1) is 0 Å². The van der Waals surface area contributed by atoms with Crippen LogP contribution in [-0.2, 0) is 11.2 Å². The molecule has 0 spiro atoms. The maximum atomic E-state index is 12.4. The fourth-order valence-corrected chi connectivity index (χ4v) is 2.70. The van der Waals surface area contributed by atoms with Crippen LogP contribution in [0.25, 0.3) is 0 Å². The third-order valence-corrected chi connectivity index (χ3v) is 3.69. The van der Waals surface area contributed by atoms with Crippen LogP contribution < -0.4 is 5.32 Å². The number of benzene rings is 1. The largest absolute Gasteiger partial charge is 0.309 e. The summed E-state index contributed by atoms with van der Waals surface area (Å²) in [5, 5.41) is 18.1. The van der Waals surface area contributed by atoms with Gasteiger partial charge >= 0.3 is 0 Å². The van der Waals surface area contributed by atoms with Crippen LogP contribution in [0.4, 0.5) is 5.82 Å². The van der Waals surface area contributed by atoms with Crippen molar-refractivity contribution in [1.82, 2.24) is 10.2 Å². The van der Waals surface area contributed by atoms with E-state index in [0.29, 0.717) is 11.4 Å². The van der Waals surface area contributed by atoms with Crippen LogP contribution in [-0.4, -0.2) is 16.1 Å². The summed E-state index contributed by atoms with van der Waals surface area (Å²) in [7, 11) is 0. The molecule has 1 unspecified atom stereocenters. The normalized spacial score (nSPS) is 17.1. The van der Waals surface area contributed by atoms with Crippen LogP contribution in [0, 0.1) is 11.3 Å². The molecule has 1 aromatic carbocycles. The number of anilines is 1. The number of nitriles is 1. The Morgan fingerprint density at radius 3 is 3.15 bits per heavy atom. The van der Waals surface area contributed by atoms with Gasteiger partial charge < -0.3 is 5.32 Å². The summed E-state index contributed by atoms with van der Waals surface area (Å²) in [6, 6.07) is 10.0. The average molecular weight is 266 g/mol. The van der Waals surface area contributed by atoms with Crippen LogP contribution in [0.5, 0.6) is 0 Å². The Balaban J connectivity index is 1.84. The molecule has 0 aliphatic heterocycles. The van der Waals surface area contributed by atoms with E-state index in [1.807, 2.05) is 24.3 Å². The lowest BCUT2D eigenvalue weighted by atomic mass is 9.82. The van der Waals surface area contributed by atoms with E-state index in [1.165, 1.54) is 11.8 Å². The Hall–Kier alpha value is -2.61. The summed E-state index contributed by atoms with van der Waals surface area (Å²) in [6.45, 7) is 0. The number of carbonyl (C=O) groups excluding carboxylic acids is 1. The first-order chi connectivity index (χ1) is 9.79. The van der Waals surface area contributed by atoms with Gasteiger partial charge in [0.2, 0.25) is 5.91 Å². The van der Waals surface area contributed by atoms with Crippen molar-refractivity contribution < 1.29 is 4.79 Å². The first-order valence-electron chi connectivity index (χ1n) is 6.61. The fourth-order valence-electron chi connectivity index (χ4n) is 2.70. The first-order valence-corrected chi connectivity index (χ1v) is 6.61. The van der Waals surface area contributed by atoms with Crippen LogP contribution in [0.3, 0.4) is 0 Å². The van der Waals surface area contributed by atoms with E-state index < -0.39 is 0 Å². The third kappa shape index (κ3) is 2.16. The van der Waals surface area contributed by atoms with Crippen molar-refractivity contribution in [3.05, 3.63) is 47.2 Å². The highest BCUT2D eigenvalue weighted by Gasteiger charge is 2.26. The standard InChI is InChI=1S/C15H14N4O/c16-8-11-9-17-19-14(11)18-15(20)13-7-3-5-10-4-1-2-6-12(10)13/h1-2,4,6,9,13H,3,5,7H2,(H2,17,18,19,20). The fraction of sp³-hybridized carbons (Fsp3) is 0.267. The molecule has 1 atom stereocenters. The van der Waals surface area contributed by atoms with E-state index in [-0.39, 0.29) is 11.8 Å². The van der Waals surface area contributed by atoms with Gasteiger partial charge in [-0.2, -0.15) is 10.4 Å². The molecule has 2 N–H and O–H groups in total. The van der Waals surface area contributed by atoms with Gasteiger partial charge in [0.25, 0.3) is 0 Å².